The summed E-state index contributed by atoms with van der Waals surface area (Å²) in [6.45, 7) is 4.16. The first-order valence-corrected chi connectivity index (χ1v) is 11.3. The predicted molar refractivity (Wildman–Crippen MR) is 135 cm³/mol. The summed E-state index contributed by atoms with van der Waals surface area (Å²) in [4.78, 5) is 39.3. The molecule has 35 heavy (non-hydrogen) atoms. The standard InChI is InChI=1S/C24H23N5O5S/c1-16-15-17(4-9-20(16)29(32)33)22(30)26-24(35)25-18-5-7-19(8-6-18)27-10-12-28(13-11-27)23(31)21-3-2-14-34-21/h2-9,14-15H,10-13H2,1H3,(H2,25,26,30,35). The lowest BCUT2D eigenvalue weighted by atomic mass is 10.1. The van der Waals surface area contributed by atoms with Crippen LogP contribution in [0.4, 0.5) is 17.1 Å². The van der Waals surface area contributed by atoms with Crippen LogP contribution in [0.15, 0.2) is 65.3 Å². The molecule has 0 unspecified atom stereocenters. The highest BCUT2D eigenvalue weighted by Crippen LogP contribution is 2.21. The molecule has 0 radical (unpaired) electrons. The van der Waals surface area contributed by atoms with Crippen molar-refractivity contribution in [3.8, 4) is 0 Å². The van der Waals surface area contributed by atoms with E-state index in [1.807, 2.05) is 24.3 Å². The van der Waals surface area contributed by atoms with E-state index in [1.54, 1.807) is 24.0 Å². The van der Waals surface area contributed by atoms with Crippen molar-refractivity contribution in [2.24, 2.45) is 0 Å². The average molecular weight is 494 g/mol. The van der Waals surface area contributed by atoms with Gasteiger partial charge in [-0.1, -0.05) is 0 Å². The number of rotatable bonds is 5. The van der Waals surface area contributed by atoms with Crippen LogP contribution in [0.3, 0.4) is 0 Å². The van der Waals surface area contributed by atoms with E-state index in [9.17, 15) is 19.7 Å². The van der Waals surface area contributed by atoms with Crippen LogP contribution in [0.5, 0.6) is 0 Å². The van der Waals surface area contributed by atoms with Gasteiger partial charge in [0.25, 0.3) is 17.5 Å². The Hall–Kier alpha value is -4.25. The molecule has 0 saturated carbocycles. The highest BCUT2D eigenvalue weighted by atomic mass is 32.1. The zero-order chi connectivity index (χ0) is 24.9. The molecule has 2 N–H and O–H groups in total. The Morgan fingerprint density at radius 3 is 2.37 bits per heavy atom. The first-order chi connectivity index (χ1) is 16.8. The van der Waals surface area contributed by atoms with E-state index in [-0.39, 0.29) is 22.3 Å². The molecule has 1 aliphatic rings. The van der Waals surface area contributed by atoms with Gasteiger partial charge in [0.15, 0.2) is 10.9 Å². The summed E-state index contributed by atoms with van der Waals surface area (Å²) in [5.41, 5.74) is 2.33. The largest absolute Gasteiger partial charge is 0.459 e. The molecule has 1 saturated heterocycles. The summed E-state index contributed by atoms with van der Waals surface area (Å²) in [6.07, 6.45) is 1.49. The Balaban J connectivity index is 1.29. The van der Waals surface area contributed by atoms with Crippen molar-refractivity contribution in [1.29, 1.82) is 0 Å². The van der Waals surface area contributed by atoms with Gasteiger partial charge in [0.2, 0.25) is 0 Å². The molecule has 0 bridgehead atoms. The highest BCUT2D eigenvalue weighted by molar-refractivity contribution is 7.80. The molecular weight excluding hydrogens is 470 g/mol. The van der Waals surface area contributed by atoms with Crippen molar-refractivity contribution in [2.75, 3.05) is 36.4 Å². The number of furan rings is 1. The van der Waals surface area contributed by atoms with Crippen LogP contribution in [-0.4, -0.2) is 52.9 Å². The number of nitrogens with zero attached hydrogens (tertiary/aromatic N) is 3. The van der Waals surface area contributed by atoms with Crippen LogP contribution in [0, 0.1) is 17.0 Å². The molecule has 3 aromatic rings. The Labute approximate surface area is 206 Å². The van der Waals surface area contributed by atoms with Gasteiger partial charge in [0, 0.05) is 54.7 Å². The highest BCUT2D eigenvalue weighted by Gasteiger charge is 2.23. The molecule has 1 aromatic heterocycles. The second-order valence-corrected chi connectivity index (χ2v) is 8.38. The summed E-state index contributed by atoms with van der Waals surface area (Å²) < 4.78 is 5.20. The lowest BCUT2D eigenvalue weighted by molar-refractivity contribution is -0.385. The molecule has 0 aliphatic carbocycles. The Kier molecular flexibility index (Phi) is 7.06. The molecule has 11 heteroatoms. The van der Waals surface area contributed by atoms with Gasteiger partial charge in [-0.3, -0.25) is 25.0 Å². The molecule has 10 nitrogen and oxygen atoms in total. The minimum absolute atomic E-state index is 0.0483. The van der Waals surface area contributed by atoms with E-state index in [0.717, 1.165) is 5.69 Å². The first kappa shape index (κ1) is 23.9. The molecule has 4 rings (SSSR count). The van der Waals surface area contributed by atoms with E-state index >= 15 is 0 Å². The van der Waals surface area contributed by atoms with Gasteiger partial charge in [0.1, 0.15) is 0 Å². The summed E-state index contributed by atoms with van der Waals surface area (Å²) in [6, 6.07) is 15.1. The number of benzene rings is 2. The molecule has 2 amide bonds. The van der Waals surface area contributed by atoms with Crippen LogP contribution in [0.2, 0.25) is 0 Å². The summed E-state index contributed by atoms with van der Waals surface area (Å²) in [5.74, 6) is -0.214. The van der Waals surface area contributed by atoms with E-state index < -0.39 is 10.8 Å². The van der Waals surface area contributed by atoms with Crippen LogP contribution < -0.4 is 15.5 Å². The average Bonchev–Trinajstić information content (AvgIpc) is 3.39. The number of nitrogens with one attached hydrogen (secondary N) is 2. The third kappa shape index (κ3) is 5.64. The second-order valence-electron chi connectivity index (χ2n) is 7.97. The zero-order valence-corrected chi connectivity index (χ0v) is 19.7. The van der Waals surface area contributed by atoms with Crippen molar-refractivity contribution in [2.45, 2.75) is 6.92 Å². The third-order valence-corrected chi connectivity index (χ3v) is 5.88. The fourth-order valence-electron chi connectivity index (χ4n) is 3.82. The van der Waals surface area contributed by atoms with Crippen LogP contribution >= 0.6 is 12.2 Å². The molecular formula is C24H23N5O5S. The van der Waals surface area contributed by atoms with Crippen LogP contribution in [-0.2, 0) is 0 Å². The van der Waals surface area contributed by atoms with Gasteiger partial charge in [0.05, 0.1) is 11.2 Å². The predicted octanol–water partition coefficient (Wildman–Crippen LogP) is 3.59. The minimum Gasteiger partial charge on any atom is -0.459 e. The van der Waals surface area contributed by atoms with Gasteiger partial charge in [-0.05, 0) is 67.7 Å². The number of nitro groups is 1. The van der Waals surface area contributed by atoms with Crippen molar-refractivity contribution < 1.29 is 18.9 Å². The van der Waals surface area contributed by atoms with Crippen LogP contribution in [0.1, 0.15) is 26.5 Å². The summed E-state index contributed by atoms with van der Waals surface area (Å²) in [5, 5.41) is 16.6. The number of amides is 2. The molecule has 1 aliphatic heterocycles. The smallest absolute Gasteiger partial charge is 0.289 e. The number of carbonyl (C=O) groups excluding carboxylic acids is 2. The van der Waals surface area contributed by atoms with Gasteiger partial charge in [-0.2, -0.15) is 0 Å². The third-order valence-electron chi connectivity index (χ3n) is 5.67. The monoisotopic (exact) mass is 493 g/mol. The number of hydrogen-bond donors (Lipinski definition) is 2. The summed E-state index contributed by atoms with van der Waals surface area (Å²) in [7, 11) is 0. The Bertz CT molecular complexity index is 1250. The summed E-state index contributed by atoms with van der Waals surface area (Å²) >= 11 is 5.23. The Morgan fingerprint density at radius 1 is 1.06 bits per heavy atom. The number of thiocarbonyl (C=S) groups is 1. The normalized spacial score (nSPS) is 13.3. The molecule has 0 spiro atoms. The SMILES string of the molecule is Cc1cc(C(=O)NC(=S)Nc2ccc(N3CCN(C(=O)c4ccco4)CC3)cc2)ccc1[N+](=O)[O-]. The second kappa shape index (κ2) is 10.3. The number of anilines is 2. The lowest BCUT2D eigenvalue weighted by Gasteiger charge is -2.35. The molecule has 2 aromatic carbocycles. The van der Waals surface area contributed by atoms with Gasteiger partial charge < -0.3 is 19.5 Å². The number of carbonyl (C=O) groups is 2. The van der Waals surface area contributed by atoms with E-state index in [2.05, 4.69) is 15.5 Å². The topological polar surface area (TPSA) is 121 Å². The number of nitro benzene ring substituents is 1. The zero-order valence-electron chi connectivity index (χ0n) is 18.9. The fourth-order valence-corrected chi connectivity index (χ4v) is 4.03. The van der Waals surface area contributed by atoms with E-state index in [0.29, 0.717) is 43.2 Å². The van der Waals surface area contributed by atoms with Gasteiger partial charge >= 0.3 is 0 Å². The van der Waals surface area contributed by atoms with Gasteiger partial charge in [-0.25, -0.2) is 0 Å². The fraction of sp³-hybridized carbons (Fsp3) is 0.208. The molecule has 0 atom stereocenters. The quantitative estimate of drug-likeness (QED) is 0.314. The van der Waals surface area contributed by atoms with Crippen molar-refractivity contribution >= 4 is 46.2 Å². The first-order valence-electron chi connectivity index (χ1n) is 10.9. The molecule has 180 valence electrons. The van der Waals surface area contributed by atoms with Crippen molar-refractivity contribution in [3.63, 3.8) is 0 Å². The number of aryl methyl sites for hydroxylation is 1. The van der Waals surface area contributed by atoms with Gasteiger partial charge in [-0.15, -0.1) is 0 Å². The number of hydrogen-bond acceptors (Lipinski definition) is 7. The maximum Gasteiger partial charge on any atom is 0.289 e. The van der Waals surface area contributed by atoms with E-state index in [1.165, 1.54) is 24.5 Å². The van der Waals surface area contributed by atoms with Crippen molar-refractivity contribution in [3.05, 3.63) is 87.9 Å². The lowest BCUT2D eigenvalue weighted by Crippen LogP contribution is -2.48. The molecule has 2 heterocycles. The number of piperazine rings is 1. The van der Waals surface area contributed by atoms with E-state index in [4.69, 9.17) is 16.6 Å². The molecule has 1 fully saturated rings. The van der Waals surface area contributed by atoms with Crippen molar-refractivity contribution in [1.82, 2.24) is 10.2 Å². The minimum atomic E-state index is -0.493. The maximum atomic E-state index is 12.4. The maximum absolute atomic E-state index is 12.4. The van der Waals surface area contributed by atoms with Crippen LogP contribution in [0.25, 0.3) is 0 Å². The Morgan fingerprint density at radius 2 is 1.77 bits per heavy atom.